The van der Waals surface area contributed by atoms with Crippen LogP contribution >= 0.6 is 0 Å². The summed E-state index contributed by atoms with van der Waals surface area (Å²) in [7, 11) is 0. The molecule has 0 fully saturated rings. The molecule has 4 heteroatoms. The van der Waals surface area contributed by atoms with Crippen LogP contribution in [0.1, 0.15) is 22.3 Å². The second-order valence-electron chi connectivity index (χ2n) is 4.52. The van der Waals surface area contributed by atoms with Crippen molar-refractivity contribution in [2.45, 2.75) is 19.5 Å². The third-order valence-corrected chi connectivity index (χ3v) is 3.06. The second-order valence-corrected chi connectivity index (χ2v) is 4.52. The number of nitrogens with two attached hydrogens (primary N) is 1. The van der Waals surface area contributed by atoms with Crippen molar-refractivity contribution in [1.82, 2.24) is 0 Å². The van der Waals surface area contributed by atoms with Gasteiger partial charge in [-0.05, 0) is 36.1 Å². The van der Waals surface area contributed by atoms with Gasteiger partial charge in [-0.15, -0.1) is 0 Å². The molecule has 100 valence electrons. The van der Waals surface area contributed by atoms with Crippen LogP contribution in [0.3, 0.4) is 0 Å². The van der Waals surface area contributed by atoms with Gasteiger partial charge >= 0.3 is 6.18 Å². The highest BCUT2D eigenvalue weighted by molar-refractivity contribution is 5.54. The third kappa shape index (κ3) is 3.08. The van der Waals surface area contributed by atoms with E-state index < -0.39 is 11.7 Å². The fraction of sp³-hybridized carbons (Fsp3) is 0.200. The van der Waals surface area contributed by atoms with Gasteiger partial charge < -0.3 is 5.73 Å². The molecule has 2 aromatic carbocycles. The minimum absolute atomic E-state index is 0.400. The van der Waals surface area contributed by atoms with Gasteiger partial charge in [-0.1, -0.05) is 36.4 Å². The number of hydrogen-bond acceptors (Lipinski definition) is 1. The Kier molecular flexibility index (Phi) is 3.51. The second kappa shape index (κ2) is 4.96. The number of hydrogen-bond donors (Lipinski definition) is 1. The van der Waals surface area contributed by atoms with Crippen molar-refractivity contribution in [1.29, 1.82) is 0 Å². The fourth-order valence-electron chi connectivity index (χ4n) is 1.97. The van der Waals surface area contributed by atoms with Crippen LogP contribution in [0.5, 0.6) is 0 Å². The summed E-state index contributed by atoms with van der Waals surface area (Å²) >= 11 is 0. The molecule has 2 aromatic rings. The summed E-state index contributed by atoms with van der Waals surface area (Å²) in [5.41, 5.74) is 8.33. The standard InChI is InChI=1S/C15H14F3N/c1-10-4-2-6-12(14(10)19)8-11-5-3-7-13(9-11)15(16,17)18/h2-7,9H,8,19H2,1H3. The minimum Gasteiger partial charge on any atom is -0.398 e. The Hall–Kier alpha value is -1.97. The average Bonchev–Trinajstić information content (AvgIpc) is 2.34. The summed E-state index contributed by atoms with van der Waals surface area (Å²) in [5.74, 6) is 0. The SMILES string of the molecule is Cc1cccc(Cc2cccc(C(F)(F)F)c2)c1N. The van der Waals surface area contributed by atoms with E-state index in [0.29, 0.717) is 17.7 Å². The molecule has 0 amide bonds. The van der Waals surface area contributed by atoms with E-state index in [0.717, 1.165) is 17.2 Å². The molecule has 0 spiro atoms. The zero-order valence-corrected chi connectivity index (χ0v) is 10.5. The Labute approximate surface area is 109 Å². The van der Waals surface area contributed by atoms with Crippen molar-refractivity contribution in [3.63, 3.8) is 0 Å². The van der Waals surface area contributed by atoms with Gasteiger partial charge in [0.05, 0.1) is 5.56 Å². The van der Waals surface area contributed by atoms with E-state index in [-0.39, 0.29) is 0 Å². The van der Waals surface area contributed by atoms with E-state index in [1.807, 2.05) is 25.1 Å². The van der Waals surface area contributed by atoms with Crippen LogP contribution in [0.25, 0.3) is 0 Å². The predicted molar refractivity (Wildman–Crippen MR) is 69.8 cm³/mol. The summed E-state index contributed by atoms with van der Waals surface area (Å²) < 4.78 is 37.9. The van der Waals surface area contributed by atoms with Crippen molar-refractivity contribution in [3.05, 3.63) is 64.7 Å². The molecular weight excluding hydrogens is 251 g/mol. The average molecular weight is 265 g/mol. The van der Waals surface area contributed by atoms with Gasteiger partial charge in [-0.2, -0.15) is 13.2 Å². The van der Waals surface area contributed by atoms with Gasteiger partial charge in [0.1, 0.15) is 0 Å². The lowest BCUT2D eigenvalue weighted by molar-refractivity contribution is -0.137. The number of aryl methyl sites for hydroxylation is 1. The predicted octanol–water partition coefficient (Wildman–Crippen LogP) is 4.19. The summed E-state index contributed by atoms with van der Waals surface area (Å²) in [4.78, 5) is 0. The highest BCUT2D eigenvalue weighted by Gasteiger charge is 2.30. The maximum atomic E-state index is 12.6. The van der Waals surface area contributed by atoms with Crippen molar-refractivity contribution in [2.75, 3.05) is 5.73 Å². The molecule has 0 heterocycles. The summed E-state index contributed by atoms with van der Waals surface area (Å²) in [6.45, 7) is 1.88. The van der Waals surface area contributed by atoms with E-state index in [1.165, 1.54) is 12.1 Å². The molecule has 19 heavy (non-hydrogen) atoms. The van der Waals surface area contributed by atoms with Crippen LogP contribution < -0.4 is 5.73 Å². The maximum absolute atomic E-state index is 12.6. The first kappa shape index (κ1) is 13.5. The fourth-order valence-corrected chi connectivity index (χ4v) is 1.97. The van der Waals surface area contributed by atoms with Crippen LogP contribution in [0.2, 0.25) is 0 Å². The molecule has 0 aliphatic carbocycles. The van der Waals surface area contributed by atoms with E-state index in [4.69, 9.17) is 5.73 Å². The van der Waals surface area contributed by atoms with Gasteiger partial charge in [0.2, 0.25) is 0 Å². The maximum Gasteiger partial charge on any atom is 0.416 e. The number of para-hydroxylation sites is 1. The molecule has 0 saturated heterocycles. The number of halogens is 3. The lowest BCUT2D eigenvalue weighted by atomic mass is 9.99. The topological polar surface area (TPSA) is 26.0 Å². The molecule has 0 unspecified atom stereocenters. The van der Waals surface area contributed by atoms with Crippen molar-refractivity contribution in [3.8, 4) is 0 Å². The van der Waals surface area contributed by atoms with Crippen LogP contribution in [-0.4, -0.2) is 0 Å². The quantitative estimate of drug-likeness (QED) is 0.810. The Balaban J connectivity index is 2.31. The summed E-state index contributed by atoms with van der Waals surface area (Å²) in [6.07, 6.45) is -3.91. The van der Waals surface area contributed by atoms with Crippen LogP contribution in [0, 0.1) is 6.92 Å². The Morgan fingerprint density at radius 2 is 1.74 bits per heavy atom. The largest absolute Gasteiger partial charge is 0.416 e. The smallest absolute Gasteiger partial charge is 0.398 e. The van der Waals surface area contributed by atoms with E-state index in [2.05, 4.69) is 0 Å². The van der Waals surface area contributed by atoms with E-state index >= 15 is 0 Å². The van der Waals surface area contributed by atoms with E-state index in [1.54, 1.807) is 6.07 Å². The number of benzene rings is 2. The Morgan fingerprint density at radius 3 is 2.42 bits per heavy atom. The van der Waals surface area contributed by atoms with Crippen LogP contribution in [-0.2, 0) is 12.6 Å². The molecule has 1 nitrogen and oxygen atoms in total. The zero-order valence-electron chi connectivity index (χ0n) is 10.5. The minimum atomic E-state index is -4.31. The molecular formula is C15H14F3N. The third-order valence-electron chi connectivity index (χ3n) is 3.06. The van der Waals surface area contributed by atoms with Crippen LogP contribution in [0.4, 0.5) is 18.9 Å². The Bertz CT molecular complexity index is 588. The zero-order chi connectivity index (χ0) is 14.0. The van der Waals surface area contributed by atoms with Crippen molar-refractivity contribution < 1.29 is 13.2 Å². The molecule has 0 aromatic heterocycles. The van der Waals surface area contributed by atoms with E-state index in [9.17, 15) is 13.2 Å². The number of rotatable bonds is 2. The lowest BCUT2D eigenvalue weighted by Crippen LogP contribution is -2.05. The van der Waals surface area contributed by atoms with Gasteiger partial charge in [0.15, 0.2) is 0 Å². The van der Waals surface area contributed by atoms with Crippen LogP contribution in [0.15, 0.2) is 42.5 Å². The molecule has 0 aliphatic heterocycles. The first-order valence-electron chi connectivity index (χ1n) is 5.88. The highest BCUT2D eigenvalue weighted by atomic mass is 19.4. The van der Waals surface area contributed by atoms with Crippen molar-refractivity contribution >= 4 is 5.69 Å². The number of anilines is 1. The summed E-state index contributed by atoms with van der Waals surface area (Å²) in [6, 6.07) is 10.9. The van der Waals surface area contributed by atoms with Gasteiger partial charge in [-0.25, -0.2) is 0 Å². The number of alkyl halides is 3. The summed E-state index contributed by atoms with van der Waals surface area (Å²) in [5, 5.41) is 0. The molecule has 0 radical (unpaired) electrons. The van der Waals surface area contributed by atoms with Gasteiger partial charge in [0.25, 0.3) is 0 Å². The molecule has 0 bridgehead atoms. The lowest BCUT2D eigenvalue weighted by Gasteiger charge is -2.11. The van der Waals surface area contributed by atoms with Gasteiger partial charge in [0, 0.05) is 5.69 Å². The molecule has 0 aliphatic rings. The molecule has 2 rings (SSSR count). The highest BCUT2D eigenvalue weighted by Crippen LogP contribution is 2.30. The van der Waals surface area contributed by atoms with Gasteiger partial charge in [-0.3, -0.25) is 0 Å². The molecule has 0 saturated carbocycles. The molecule has 0 atom stereocenters. The first-order valence-corrected chi connectivity index (χ1v) is 5.88. The first-order chi connectivity index (χ1) is 8.88. The van der Waals surface area contributed by atoms with Crippen molar-refractivity contribution in [2.24, 2.45) is 0 Å². The number of nitrogen functional groups attached to an aromatic ring is 1. The molecule has 2 N–H and O–H groups in total. The monoisotopic (exact) mass is 265 g/mol. The normalized spacial score (nSPS) is 11.6. The Morgan fingerprint density at radius 1 is 1.05 bits per heavy atom.